The molecule has 8 nitrogen and oxygen atoms in total. The van der Waals surface area contributed by atoms with Crippen LogP contribution < -0.4 is 10.1 Å². The third kappa shape index (κ3) is 4.66. The fourth-order valence-corrected chi connectivity index (χ4v) is 5.52. The van der Waals surface area contributed by atoms with Crippen molar-refractivity contribution >= 4 is 17.4 Å². The van der Waals surface area contributed by atoms with E-state index in [1.165, 1.54) is 6.92 Å². The number of ketones is 1. The van der Waals surface area contributed by atoms with E-state index in [1.54, 1.807) is 30.3 Å². The molecule has 2 aromatic rings. The third-order valence-corrected chi connectivity index (χ3v) is 7.34. The molecule has 0 bridgehead atoms. The van der Waals surface area contributed by atoms with E-state index in [0.717, 1.165) is 12.0 Å². The monoisotopic (exact) mass is 480 g/mol. The van der Waals surface area contributed by atoms with Crippen molar-refractivity contribution in [2.24, 2.45) is 5.92 Å². The summed E-state index contributed by atoms with van der Waals surface area (Å²) in [4.78, 5) is 26.3. The number of phenolic OH excluding ortho intramolecular Hbond substituents is 1. The molecular weight excluding hydrogens is 448 g/mol. The molecule has 3 aliphatic rings. The fraction of sp³-hybridized carbons (Fsp3) is 0.481. The molecule has 3 atom stereocenters. The number of nitrogens with one attached hydrogen (secondary N) is 1. The summed E-state index contributed by atoms with van der Waals surface area (Å²) in [7, 11) is 0. The normalized spacial score (nSPS) is 27.4. The Morgan fingerprint density at radius 1 is 1.17 bits per heavy atom. The average Bonchev–Trinajstić information content (AvgIpc) is 2.80. The summed E-state index contributed by atoms with van der Waals surface area (Å²) in [6.07, 6.45) is 0.538. The highest BCUT2D eigenvalue weighted by molar-refractivity contribution is 5.96. The van der Waals surface area contributed by atoms with Crippen molar-refractivity contribution in [3.8, 4) is 11.5 Å². The Morgan fingerprint density at radius 2 is 1.94 bits per heavy atom. The van der Waals surface area contributed by atoms with Gasteiger partial charge >= 0.3 is 0 Å². The molecule has 186 valence electrons. The molecule has 1 amide bonds. The van der Waals surface area contributed by atoms with Gasteiger partial charge in [-0.05, 0) is 57.5 Å². The molecule has 2 N–H and O–H groups in total. The standard InChI is InChI=1S/C27H32N2O6/c1-17(30)18-7-9-19(10-8-18)28-23(32)14-29-11-12-34-27(15-29)13-21-24(33-16-27)20-5-4-6-22(31)25(20)35-26(21,2)3/h4-10,21,24,31H,11-16H2,1-3H3,(H,28,32)/t21-,24+,27+/m0/s1. The van der Waals surface area contributed by atoms with Gasteiger partial charge in [-0.15, -0.1) is 0 Å². The van der Waals surface area contributed by atoms with Gasteiger partial charge in [0.15, 0.2) is 17.3 Å². The second kappa shape index (κ2) is 8.93. The van der Waals surface area contributed by atoms with Crippen LogP contribution in [0.25, 0.3) is 0 Å². The van der Waals surface area contributed by atoms with E-state index >= 15 is 0 Å². The van der Waals surface area contributed by atoms with Gasteiger partial charge in [0.2, 0.25) is 5.91 Å². The van der Waals surface area contributed by atoms with Crippen LogP contribution in [-0.4, -0.2) is 65.7 Å². The number of nitrogens with zero attached hydrogens (tertiary/aromatic N) is 1. The van der Waals surface area contributed by atoms with Crippen LogP contribution in [0.2, 0.25) is 0 Å². The van der Waals surface area contributed by atoms with Crippen LogP contribution in [-0.2, 0) is 14.3 Å². The Balaban J connectivity index is 1.26. The van der Waals surface area contributed by atoms with Crippen molar-refractivity contribution in [1.29, 1.82) is 0 Å². The van der Waals surface area contributed by atoms with Gasteiger partial charge in [0, 0.05) is 35.8 Å². The summed E-state index contributed by atoms with van der Waals surface area (Å²) in [6.45, 7) is 7.96. The maximum atomic E-state index is 12.7. The number of carbonyl (C=O) groups is 2. The molecule has 2 saturated heterocycles. The first kappa shape index (κ1) is 23.8. The predicted molar refractivity (Wildman–Crippen MR) is 130 cm³/mol. The molecule has 8 heteroatoms. The van der Waals surface area contributed by atoms with Crippen molar-refractivity contribution < 1.29 is 28.9 Å². The first-order valence-corrected chi connectivity index (χ1v) is 12.1. The molecule has 1 spiro atoms. The number of phenols is 1. The summed E-state index contributed by atoms with van der Waals surface area (Å²) in [5.41, 5.74) is 1.06. The van der Waals surface area contributed by atoms with Crippen LogP contribution in [0, 0.1) is 5.92 Å². The van der Waals surface area contributed by atoms with Crippen LogP contribution in [0.4, 0.5) is 5.69 Å². The molecule has 3 heterocycles. The molecule has 0 aliphatic carbocycles. The average molecular weight is 481 g/mol. The molecule has 0 aromatic heterocycles. The number of rotatable bonds is 4. The summed E-state index contributed by atoms with van der Waals surface area (Å²) in [5.74, 6) is 0.524. The highest BCUT2D eigenvalue weighted by Gasteiger charge is 2.54. The minimum Gasteiger partial charge on any atom is -0.504 e. The molecule has 3 aliphatic heterocycles. The van der Waals surface area contributed by atoms with Gasteiger partial charge < -0.3 is 24.6 Å². The SMILES string of the molecule is CC(=O)c1ccc(NC(=O)CN2CCO[C@@]3(CO[C@@H]4c5cccc(O)c5OC(C)(C)[C@H]4C3)C2)cc1. The number of ether oxygens (including phenoxy) is 3. The molecule has 0 unspecified atom stereocenters. The predicted octanol–water partition coefficient (Wildman–Crippen LogP) is 3.55. The van der Waals surface area contributed by atoms with E-state index in [0.29, 0.717) is 43.3 Å². The van der Waals surface area contributed by atoms with Gasteiger partial charge in [0.05, 0.1) is 25.9 Å². The number of carbonyl (C=O) groups excluding carboxylic acids is 2. The van der Waals surface area contributed by atoms with Crippen LogP contribution in [0.5, 0.6) is 11.5 Å². The smallest absolute Gasteiger partial charge is 0.238 e. The van der Waals surface area contributed by atoms with Crippen LogP contribution >= 0.6 is 0 Å². The Kier molecular flexibility index (Phi) is 6.07. The number of para-hydroxylation sites is 1. The molecule has 0 radical (unpaired) electrons. The zero-order valence-corrected chi connectivity index (χ0v) is 20.4. The van der Waals surface area contributed by atoms with Crippen molar-refractivity contribution in [3.63, 3.8) is 0 Å². The minimum absolute atomic E-state index is 0.00901. The third-order valence-electron chi connectivity index (χ3n) is 7.34. The fourth-order valence-electron chi connectivity index (χ4n) is 5.52. The number of fused-ring (bicyclic) bond motifs is 3. The van der Waals surface area contributed by atoms with Crippen LogP contribution in [0.15, 0.2) is 42.5 Å². The van der Waals surface area contributed by atoms with Crippen LogP contribution in [0.3, 0.4) is 0 Å². The first-order valence-electron chi connectivity index (χ1n) is 12.1. The number of hydrogen-bond acceptors (Lipinski definition) is 7. The van der Waals surface area contributed by atoms with Crippen molar-refractivity contribution in [1.82, 2.24) is 4.90 Å². The summed E-state index contributed by atoms with van der Waals surface area (Å²) in [5, 5.41) is 13.2. The Morgan fingerprint density at radius 3 is 2.69 bits per heavy atom. The molecule has 35 heavy (non-hydrogen) atoms. The Labute approximate surface area is 205 Å². The van der Waals surface area contributed by atoms with Crippen molar-refractivity contribution in [2.75, 3.05) is 38.2 Å². The number of hydrogen-bond donors (Lipinski definition) is 2. The van der Waals surface area contributed by atoms with E-state index in [9.17, 15) is 14.7 Å². The van der Waals surface area contributed by atoms with Gasteiger partial charge in [0.1, 0.15) is 11.2 Å². The summed E-state index contributed by atoms with van der Waals surface area (Å²) >= 11 is 0. The maximum Gasteiger partial charge on any atom is 0.238 e. The van der Waals surface area contributed by atoms with E-state index < -0.39 is 11.2 Å². The Hall–Kier alpha value is -2.94. The lowest BCUT2D eigenvalue weighted by atomic mass is 9.71. The highest BCUT2D eigenvalue weighted by Crippen LogP contribution is 2.54. The largest absolute Gasteiger partial charge is 0.504 e. The van der Waals surface area contributed by atoms with E-state index in [4.69, 9.17) is 14.2 Å². The second-order valence-electron chi connectivity index (χ2n) is 10.4. The van der Waals surface area contributed by atoms with Gasteiger partial charge in [-0.2, -0.15) is 0 Å². The van der Waals surface area contributed by atoms with Crippen molar-refractivity contribution in [3.05, 3.63) is 53.6 Å². The van der Waals surface area contributed by atoms with Gasteiger partial charge in [0.25, 0.3) is 0 Å². The quantitative estimate of drug-likeness (QED) is 0.646. The number of benzene rings is 2. The molecule has 0 saturated carbocycles. The van der Waals surface area contributed by atoms with Crippen molar-refractivity contribution in [2.45, 2.75) is 44.5 Å². The molecule has 2 fully saturated rings. The number of amides is 1. The van der Waals surface area contributed by atoms with Crippen LogP contribution in [0.1, 0.15) is 49.2 Å². The second-order valence-corrected chi connectivity index (χ2v) is 10.4. The van der Waals surface area contributed by atoms with Gasteiger partial charge in [-0.25, -0.2) is 0 Å². The Bertz CT molecular complexity index is 1130. The lowest BCUT2D eigenvalue weighted by Crippen LogP contribution is -2.62. The number of Topliss-reactive ketones (excluding diaryl/α,β-unsaturated/α-hetero) is 1. The zero-order valence-electron chi connectivity index (χ0n) is 20.4. The zero-order chi connectivity index (χ0) is 24.8. The first-order chi connectivity index (χ1) is 16.7. The van der Waals surface area contributed by atoms with E-state index in [-0.39, 0.29) is 36.0 Å². The van der Waals surface area contributed by atoms with E-state index in [2.05, 4.69) is 10.2 Å². The van der Waals surface area contributed by atoms with E-state index in [1.807, 2.05) is 26.0 Å². The lowest BCUT2D eigenvalue weighted by Gasteiger charge is -2.54. The number of morpholine rings is 1. The number of aromatic hydroxyl groups is 1. The molecule has 2 aromatic carbocycles. The molecule has 5 rings (SSSR count). The summed E-state index contributed by atoms with van der Waals surface area (Å²) in [6, 6.07) is 12.3. The highest BCUT2D eigenvalue weighted by atomic mass is 16.6. The van der Waals surface area contributed by atoms with Gasteiger partial charge in [-0.1, -0.05) is 12.1 Å². The van der Waals surface area contributed by atoms with Gasteiger partial charge in [-0.3, -0.25) is 14.5 Å². The topological polar surface area (TPSA) is 97.3 Å². The number of anilines is 1. The lowest BCUT2D eigenvalue weighted by molar-refractivity contribution is -0.230. The minimum atomic E-state index is -0.557. The molecular formula is C27H32N2O6. The summed E-state index contributed by atoms with van der Waals surface area (Å²) < 4.78 is 18.9. The maximum absolute atomic E-state index is 12.7.